The third kappa shape index (κ3) is 2.50. The minimum atomic E-state index is 0.671. The Kier molecular flexibility index (Phi) is 3.05. The first-order valence-electron chi connectivity index (χ1n) is 5.21. The molecule has 0 aliphatic rings. The predicted molar refractivity (Wildman–Crippen MR) is 64.2 cm³/mol. The average Bonchev–Trinajstić information content (AvgIpc) is 2.76. The maximum atomic E-state index is 5.80. The third-order valence-electron chi connectivity index (χ3n) is 2.27. The smallest absolute Gasteiger partial charge is 0.149 e. The van der Waals surface area contributed by atoms with Gasteiger partial charge in [0.1, 0.15) is 11.6 Å². The van der Waals surface area contributed by atoms with Gasteiger partial charge in [0, 0.05) is 31.1 Å². The second-order valence-electron chi connectivity index (χ2n) is 3.60. The molecule has 0 fully saturated rings. The molecule has 2 heterocycles. The summed E-state index contributed by atoms with van der Waals surface area (Å²) in [5.74, 6) is 1.70. The molecule has 16 heavy (non-hydrogen) atoms. The minimum Gasteiger partial charge on any atom is -0.396 e. The normalized spacial score (nSPS) is 10.3. The number of hydrogen-bond acceptors (Lipinski definition) is 4. The third-order valence-corrected chi connectivity index (χ3v) is 2.27. The van der Waals surface area contributed by atoms with Crippen LogP contribution in [0.5, 0.6) is 0 Å². The summed E-state index contributed by atoms with van der Waals surface area (Å²) in [5, 5.41) is 3.20. The summed E-state index contributed by atoms with van der Waals surface area (Å²) < 4.78 is 0. The highest BCUT2D eigenvalue weighted by Gasteiger charge is 2.01. The van der Waals surface area contributed by atoms with Crippen LogP contribution in [0.25, 0.3) is 0 Å². The number of rotatable bonds is 4. The Bertz CT molecular complexity index is 449. The van der Waals surface area contributed by atoms with Gasteiger partial charge in [0.25, 0.3) is 0 Å². The summed E-state index contributed by atoms with van der Waals surface area (Å²) in [6.07, 6.45) is 4.38. The Balaban J connectivity index is 1.92. The molecule has 4 N–H and O–H groups in total. The van der Waals surface area contributed by atoms with Crippen molar-refractivity contribution in [3.8, 4) is 0 Å². The molecule has 0 aromatic carbocycles. The second kappa shape index (κ2) is 4.65. The highest BCUT2D eigenvalue weighted by atomic mass is 15.0. The van der Waals surface area contributed by atoms with Gasteiger partial charge in [-0.25, -0.2) is 9.97 Å². The van der Waals surface area contributed by atoms with E-state index in [-0.39, 0.29) is 0 Å². The zero-order chi connectivity index (χ0) is 11.4. The number of nitrogens with two attached hydrogens (primary N) is 1. The summed E-state index contributed by atoms with van der Waals surface area (Å²) in [7, 11) is 0. The fraction of sp³-hybridized carbons (Fsp3) is 0.273. The van der Waals surface area contributed by atoms with Gasteiger partial charge in [-0.1, -0.05) is 0 Å². The summed E-state index contributed by atoms with van der Waals surface area (Å²) in [6, 6.07) is 3.75. The number of nitrogens with one attached hydrogen (secondary N) is 2. The monoisotopic (exact) mass is 217 g/mol. The predicted octanol–water partition coefficient (Wildman–Crippen LogP) is 1.35. The Morgan fingerprint density at radius 3 is 3.06 bits per heavy atom. The van der Waals surface area contributed by atoms with E-state index in [0.29, 0.717) is 5.69 Å². The molecule has 5 heteroatoms. The van der Waals surface area contributed by atoms with Crippen molar-refractivity contribution in [2.45, 2.75) is 13.3 Å². The van der Waals surface area contributed by atoms with Crippen molar-refractivity contribution in [3.63, 3.8) is 0 Å². The van der Waals surface area contributed by atoms with Crippen molar-refractivity contribution >= 4 is 11.5 Å². The van der Waals surface area contributed by atoms with Gasteiger partial charge in [0.2, 0.25) is 0 Å². The molecule has 0 bridgehead atoms. The van der Waals surface area contributed by atoms with Crippen LogP contribution in [0.2, 0.25) is 0 Å². The molecule has 84 valence electrons. The van der Waals surface area contributed by atoms with E-state index >= 15 is 0 Å². The van der Waals surface area contributed by atoms with Gasteiger partial charge in [-0.05, 0) is 19.1 Å². The van der Waals surface area contributed by atoms with E-state index in [9.17, 15) is 0 Å². The van der Waals surface area contributed by atoms with Gasteiger partial charge in [-0.3, -0.25) is 0 Å². The molecule has 0 unspecified atom stereocenters. The fourth-order valence-electron chi connectivity index (χ4n) is 1.44. The SMILES string of the molecule is Cc1ccc(N)c(NCCc2ncc[nH]2)n1. The Labute approximate surface area is 94.1 Å². The molecule has 2 rings (SSSR count). The summed E-state index contributed by atoms with van der Waals surface area (Å²) >= 11 is 0. The number of aromatic nitrogens is 3. The Hall–Kier alpha value is -2.04. The molecule has 0 amide bonds. The highest BCUT2D eigenvalue weighted by Crippen LogP contribution is 2.14. The first kappa shape index (κ1) is 10.5. The van der Waals surface area contributed by atoms with Gasteiger partial charge in [0.05, 0.1) is 5.69 Å². The highest BCUT2D eigenvalue weighted by molar-refractivity contribution is 5.61. The molecule has 2 aromatic rings. The van der Waals surface area contributed by atoms with Crippen molar-refractivity contribution < 1.29 is 0 Å². The molecule has 0 aliphatic heterocycles. The average molecular weight is 217 g/mol. The van der Waals surface area contributed by atoms with Crippen molar-refractivity contribution in [2.24, 2.45) is 0 Å². The van der Waals surface area contributed by atoms with Crippen LogP contribution in [0.3, 0.4) is 0 Å². The van der Waals surface area contributed by atoms with Crippen molar-refractivity contribution in [1.29, 1.82) is 0 Å². The zero-order valence-electron chi connectivity index (χ0n) is 9.20. The topological polar surface area (TPSA) is 79.6 Å². The lowest BCUT2D eigenvalue weighted by atomic mass is 10.3. The van der Waals surface area contributed by atoms with Crippen LogP contribution in [-0.4, -0.2) is 21.5 Å². The second-order valence-corrected chi connectivity index (χ2v) is 3.60. The molecule has 0 aliphatic carbocycles. The van der Waals surface area contributed by atoms with Gasteiger partial charge in [-0.15, -0.1) is 0 Å². The summed E-state index contributed by atoms with van der Waals surface area (Å²) in [4.78, 5) is 11.5. The minimum absolute atomic E-state index is 0.671. The first-order valence-corrected chi connectivity index (χ1v) is 5.21. The molecule has 0 saturated carbocycles. The maximum Gasteiger partial charge on any atom is 0.149 e. The Morgan fingerprint density at radius 1 is 1.44 bits per heavy atom. The largest absolute Gasteiger partial charge is 0.396 e. The molecular formula is C11H15N5. The van der Waals surface area contributed by atoms with Crippen LogP contribution < -0.4 is 11.1 Å². The lowest BCUT2D eigenvalue weighted by Gasteiger charge is -2.07. The van der Waals surface area contributed by atoms with Gasteiger partial charge in [-0.2, -0.15) is 0 Å². The quantitative estimate of drug-likeness (QED) is 0.722. The number of aryl methyl sites for hydroxylation is 1. The number of nitrogen functional groups attached to an aromatic ring is 1. The molecule has 0 radical (unpaired) electrons. The van der Waals surface area contributed by atoms with Gasteiger partial charge in [0.15, 0.2) is 0 Å². The lowest BCUT2D eigenvalue weighted by Crippen LogP contribution is -2.09. The van der Waals surface area contributed by atoms with Crippen LogP contribution in [0.4, 0.5) is 11.5 Å². The summed E-state index contributed by atoms with van der Waals surface area (Å²) in [5.41, 5.74) is 7.43. The summed E-state index contributed by atoms with van der Waals surface area (Å²) in [6.45, 7) is 2.70. The number of hydrogen-bond donors (Lipinski definition) is 3. The van der Waals surface area contributed by atoms with E-state index in [1.54, 1.807) is 6.20 Å². The van der Waals surface area contributed by atoms with Gasteiger partial charge >= 0.3 is 0 Å². The number of anilines is 2. The number of pyridine rings is 1. The van der Waals surface area contributed by atoms with Gasteiger partial charge < -0.3 is 16.0 Å². The van der Waals surface area contributed by atoms with E-state index in [2.05, 4.69) is 20.3 Å². The number of imidazole rings is 1. The van der Waals surface area contributed by atoms with Crippen LogP contribution >= 0.6 is 0 Å². The molecule has 0 saturated heterocycles. The van der Waals surface area contributed by atoms with Crippen molar-refractivity contribution in [2.75, 3.05) is 17.6 Å². The zero-order valence-corrected chi connectivity index (χ0v) is 9.20. The maximum absolute atomic E-state index is 5.80. The van der Waals surface area contributed by atoms with E-state index in [0.717, 1.165) is 30.3 Å². The van der Waals surface area contributed by atoms with Crippen LogP contribution in [0.1, 0.15) is 11.5 Å². The molecule has 0 spiro atoms. The number of aromatic amines is 1. The lowest BCUT2D eigenvalue weighted by molar-refractivity contribution is 0.921. The van der Waals surface area contributed by atoms with E-state index in [1.807, 2.05) is 25.3 Å². The van der Waals surface area contributed by atoms with Crippen LogP contribution in [-0.2, 0) is 6.42 Å². The first-order chi connectivity index (χ1) is 7.75. The van der Waals surface area contributed by atoms with E-state index < -0.39 is 0 Å². The standard InChI is InChI=1S/C11H15N5/c1-8-2-3-9(12)11(16-8)15-5-4-10-13-6-7-14-10/h2-3,6-7H,4-5,12H2,1H3,(H,13,14)(H,15,16). The molecule has 5 nitrogen and oxygen atoms in total. The van der Waals surface area contributed by atoms with E-state index in [1.165, 1.54) is 0 Å². The molecular weight excluding hydrogens is 202 g/mol. The van der Waals surface area contributed by atoms with Crippen LogP contribution in [0.15, 0.2) is 24.5 Å². The van der Waals surface area contributed by atoms with Crippen molar-refractivity contribution in [3.05, 3.63) is 36.0 Å². The fourth-order valence-corrected chi connectivity index (χ4v) is 1.44. The Morgan fingerprint density at radius 2 is 2.31 bits per heavy atom. The van der Waals surface area contributed by atoms with E-state index in [4.69, 9.17) is 5.73 Å². The molecule has 0 atom stereocenters. The van der Waals surface area contributed by atoms with Crippen LogP contribution in [0, 0.1) is 6.92 Å². The molecule has 2 aromatic heterocycles. The number of nitrogens with zero attached hydrogens (tertiary/aromatic N) is 2. The van der Waals surface area contributed by atoms with Crippen molar-refractivity contribution in [1.82, 2.24) is 15.0 Å². The number of H-pyrrole nitrogens is 1.